The minimum absolute atomic E-state index is 0.154. The van der Waals surface area contributed by atoms with E-state index in [1.165, 1.54) is 18.3 Å². The van der Waals surface area contributed by atoms with E-state index in [-0.39, 0.29) is 33.9 Å². The molecule has 1 aliphatic carbocycles. The third-order valence-corrected chi connectivity index (χ3v) is 6.40. The molecule has 1 saturated carbocycles. The van der Waals surface area contributed by atoms with E-state index in [1.807, 2.05) is 0 Å². The number of hydrogen-bond acceptors (Lipinski definition) is 6. The first kappa shape index (κ1) is 24.6. The van der Waals surface area contributed by atoms with E-state index in [1.54, 1.807) is 4.57 Å². The van der Waals surface area contributed by atoms with Crippen LogP contribution in [-0.4, -0.2) is 38.1 Å². The highest BCUT2D eigenvalue weighted by atomic mass is 35.5. The van der Waals surface area contributed by atoms with E-state index in [4.69, 9.17) is 40.5 Å². The van der Waals surface area contributed by atoms with Gasteiger partial charge < -0.3 is 16.4 Å². The number of hydrogen-bond donors (Lipinski definition) is 3. The normalized spacial score (nSPS) is 18.8. The van der Waals surface area contributed by atoms with E-state index in [2.05, 4.69) is 25.6 Å². The minimum atomic E-state index is -4.43. The molecule has 0 unspecified atom stereocenters. The Kier molecular flexibility index (Phi) is 6.97. The molecule has 14 heteroatoms. The summed E-state index contributed by atoms with van der Waals surface area (Å²) in [7, 11) is 0. The van der Waals surface area contributed by atoms with Crippen molar-refractivity contribution in [2.75, 3.05) is 17.2 Å². The van der Waals surface area contributed by atoms with Crippen molar-refractivity contribution in [2.45, 2.75) is 37.9 Å². The first-order chi connectivity index (χ1) is 16.0. The Hall–Kier alpha value is -2.50. The van der Waals surface area contributed by atoms with E-state index < -0.39 is 12.7 Å². The number of carbonyl (C=O) groups is 1. The first-order valence-electron chi connectivity index (χ1n) is 10.3. The highest BCUT2D eigenvalue weighted by Crippen LogP contribution is 2.40. The second kappa shape index (κ2) is 9.63. The molecule has 1 fully saturated rings. The number of nitrogens with one attached hydrogen (secondary N) is 2. The number of imidazole rings is 1. The van der Waals surface area contributed by atoms with Gasteiger partial charge in [-0.05, 0) is 37.8 Å². The zero-order valence-electron chi connectivity index (χ0n) is 17.5. The fourth-order valence-corrected chi connectivity index (χ4v) is 4.89. The van der Waals surface area contributed by atoms with Crippen LogP contribution in [0.1, 0.15) is 31.7 Å². The smallest absolute Gasteiger partial charge is 0.369 e. The Morgan fingerprint density at radius 2 is 1.76 bits per heavy atom. The summed E-state index contributed by atoms with van der Waals surface area (Å²) in [6.45, 7) is -1.28. The van der Waals surface area contributed by atoms with Crippen LogP contribution in [0.25, 0.3) is 11.2 Å². The van der Waals surface area contributed by atoms with Crippen molar-refractivity contribution < 1.29 is 18.0 Å². The molecule has 34 heavy (non-hydrogen) atoms. The van der Waals surface area contributed by atoms with Crippen molar-refractivity contribution in [3.63, 3.8) is 0 Å². The molecule has 0 radical (unpaired) electrons. The fourth-order valence-electron chi connectivity index (χ4n) is 3.98. The van der Waals surface area contributed by atoms with Gasteiger partial charge in [-0.1, -0.05) is 34.8 Å². The molecule has 0 aliphatic heterocycles. The summed E-state index contributed by atoms with van der Waals surface area (Å²) >= 11 is 18.6. The van der Waals surface area contributed by atoms with E-state index in [0.717, 1.165) is 0 Å². The average Bonchev–Trinajstić information content (AvgIpc) is 3.11. The number of anilines is 3. The highest BCUT2D eigenvalue weighted by Gasteiger charge is 2.30. The van der Waals surface area contributed by atoms with Crippen LogP contribution in [0.5, 0.6) is 0 Å². The molecule has 4 N–H and O–H groups in total. The van der Waals surface area contributed by atoms with Crippen molar-refractivity contribution in [1.29, 1.82) is 0 Å². The standard InChI is InChI=1S/C20H19Cl3F3N7O/c21-10-5-12(22)15(13(23)6-10)31-19-30-14-7-28-18(29-8-20(24,25)26)32-17(14)33(19)11-3-1-9(2-4-11)16(27)34/h5-7,9,11H,1-4,8H2,(H2,27,34)(H,30,31)(H,28,29,32)/t9-,11-. The van der Waals surface area contributed by atoms with Gasteiger partial charge in [-0.25, -0.2) is 9.97 Å². The van der Waals surface area contributed by atoms with Gasteiger partial charge in [-0.2, -0.15) is 18.2 Å². The third kappa shape index (κ3) is 5.42. The first-order valence-corrected chi connectivity index (χ1v) is 11.4. The summed E-state index contributed by atoms with van der Waals surface area (Å²) in [5, 5.41) is 6.15. The number of fused-ring (bicyclic) bond motifs is 1. The molecular formula is C20H19Cl3F3N7O. The summed E-state index contributed by atoms with van der Waals surface area (Å²) < 4.78 is 39.8. The minimum Gasteiger partial charge on any atom is -0.369 e. The highest BCUT2D eigenvalue weighted by molar-refractivity contribution is 6.41. The Morgan fingerprint density at radius 3 is 2.35 bits per heavy atom. The molecule has 0 spiro atoms. The lowest BCUT2D eigenvalue weighted by molar-refractivity contribution is -0.123. The molecule has 182 valence electrons. The van der Waals surface area contributed by atoms with Gasteiger partial charge in [0, 0.05) is 17.0 Å². The van der Waals surface area contributed by atoms with Crippen LogP contribution >= 0.6 is 34.8 Å². The van der Waals surface area contributed by atoms with Crippen LogP contribution in [0.4, 0.5) is 30.8 Å². The largest absolute Gasteiger partial charge is 0.405 e. The zero-order valence-corrected chi connectivity index (χ0v) is 19.7. The van der Waals surface area contributed by atoms with Crippen LogP contribution in [0.15, 0.2) is 18.3 Å². The number of nitrogens with two attached hydrogens (primary N) is 1. The quantitative estimate of drug-likeness (QED) is 0.372. The average molecular weight is 537 g/mol. The number of amides is 1. The van der Waals surface area contributed by atoms with Crippen molar-refractivity contribution in [3.05, 3.63) is 33.4 Å². The lowest BCUT2D eigenvalue weighted by atomic mass is 9.85. The Labute approximate surface area is 207 Å². The summed E-state index contributed by atoms with van der Waals surface area (Å²) in [4.78, 5) is 24.4. The lowest BCUT2D eigenvalue weighted by Crippen LogP contribution is -2.29. The number of aromatic nitrogens is 4. The van der Waals surface area contributed by atoms with E-state index >= 15 is 0 Å². The van der Waals surface area contributed by atoms with Crippen LogP contribution in [-0.2, 0) is 4.79 Å². The van der Waals surface area contributed by atoms with Crippen molar-refractivity contribution in [2.24, 2.45) is 11.7 Å². The molecule has 8 nitrogen and oxygen atoms in total. The Balaban J connectivity index is 1.75. The Bertz CT molecular complexity index is 1200. The number of halogens is 6. The van der Waals surface area contributed by atoms with Crippen molar-refractivity contribution in [3.8, 4) is 0 Å². The second-order valence-electron chi connectivity index (χ2n) is 7.95. The number of benzene rings is 1. The summed E-state index contributed by atoms with van der Waals surface area (Å²) in [6, 6.07) is 2.88. The van der Waals surface area contributed by atoms with Crippen LogP contribution < -0.4 is 16.4 Å². The SMILES string of the molecule is NC(=O)[C@H]1CC[C@H](n2c(Nc3c(Cl)cc(Cl)cc3Cl)nc3cnc(NCC(F)(F)F)nc32)CC1. The predicted molar refractivity (Wildman–Crippen MR) is 125 cm³/mol. The summed E-state index contributed by atoms with van der Waals surface area (Å²) in [6.07, 6.45) is -0.794. The summed E-state index contributed by atoms with van der Waals surface area (Å²) in [5.74, 6) is -0.453. The predicted octanol–water partition coefficient (Wildman–Crippen LogP) is 5.72. The van der Waals surface area contributed by atoms with Gasteiger partial charge in [0.1, 0.15) is 12.1 Å². The number of primary amides is 1. The molecule has 1 aliphatic rings. The van der Waals surface area contributed by atoms with E-state index in [9.17, 15) is 18.0 Å². The van der Waals surface area contributed by atoms with Crippen LogP contribution in [0.3, 0.4) is 0 Å². The maximum absolute atomic E-state index is 12.7. The van der Waals surface area contributed by atoms with Crippen LogP contribution in [0, 0.1) is 5.92 Å². The van der Waals surface area contributed by atoms with Gasteiger partial charge in [0.2, 0.25) is 17.8 Å². The summed E-state index contributed by atoms with van der Waals surface area (Å²) in [5.41, 5.74) is 6.50. The number of carbonyl (C=O) groups excluding carboxylic acids is 1. The maximum atomic E-state index is 12.7. The molecule has 4 rings (SSSR count). The molecule has 1 amide bonds. The number of nitrogens with zero attached hydrogens (tertiary/aromatic N) is 4. The third-order valence-electron chi connectivity index (χ3n) is 5.59. The number of rotatable bonds is 6. The second-order valence-corrected chi connectivity index (χ2v) is 9.20. The van der Waals surface area contributed by atoms with Crippen molar-refractivity contribution in [1.82, 2.24) is 19.5 Å². The van der Waals surface area contributed by atoms with Gasteiger partial charge in [0.25, 0.3) is 0 Å². The molecule has 2 heterocycles. The topological polar surface area (TPSA) is 111 Å². The molecule has 0 saturated heterocycles. The molecular weight excluding hydrogens is 518 g/mol. The van der Waals surface area contributed by atoms with Gasteiger partial charge in [0.05, 0.1) is 21.9 Å². The fraction of sp³-hybridized carbons (Fsp3) is 0.400. The molecule has 0 bridgehead atoms. The molecule has 0 atom stereocenters. The monoisotopic (exact) mass is 535 g/mol. The molecule has 2 aromatic heterocycles. The lowest BCUT2D eigenvalue weighted by Gasteiger charge is -2.29. The van der Waals surface area contributed by atoms with Gasteiger partial charge in [-0.3, -0.25) is 9.36 Å². The zero-order chi connectivity index (χ0) is 24.6. The number of alkyl halides is 3. The molecule has 3 aromatic rings. The maximum Gasteiger partial charge on any atom is 0.405 e. The van der Waals surface area contributed by atoms with Gasteiger partial charge >= 0.3 is 6.18 Å². The van der Waals surface area contributed by atoms with Crippen LogP contribution in [0.2, 0.25) is 15.1 Å². The van der Waals surface area contributed by atoms with Crippen molar-refractivity contribution >= 4 is 69.5 Å². The Morgan fingerprint density at radius 1 is 1.12 bits per heavy atom. The molecule has 1 aromatic carbocycles. The van der Waals surface area contributed by atoms with Gasteiger partial charge in [-0.15, -0.1) is 0 Å². The van der Waals surface area contributed by atoms with E-state index in [0.29, 0.717) is 53.5 Å². The van der Waals surface area contributed by atoms with Gasteiger partial charge in [0.15, 0.2) is 5.65 Å².